The van der Waals surface area contributed by atoms with E-state index in [0.29, 0.717) is 13.2 Å². The second-order valence-electron chi connectivity index (χ2n) is 5.03. The summed E-state index contributed by atoms with van der Waals surface area (Å²) in [6, 6.07) is 9.84. The lowest BCUT2D eigenvalue weighted by molar-refractivity contribution is 0.316. The quantitative estimate of drug-likeness (QED) is 0.720. The summed E-state index contributed by atoms with van der Waals surface area (Å²) in [5, 5.41) is 8.39. The van der Waals surface area contributed by atoms with Gasteiger partial charge in [0, 0.05) is 19.5 Å². The first-order chi connectivity index (χ1) is 10.3. The molecule has 0 aliphatic carbocycles. The molecule has 0 fully saturated rings. The number of unbranched alkanes of at least 4 members (excludes halogenated alkanes) is 2. The number of para-hydroxylation sites is 1. The number of nitrogens with zero attached hydrogens (tertiary/aromatic N) is 3. The molecule has 2 rings (SSSR count). The van der Waals surface area contributed by atoms with Crippen LogP contribution in [-0.2, 0) is 19.5 Å². The van der Waals surface area contributed by atoms with Gasteiger partial charge in [-0.15, -0.1) is 5.10 Å². The monoisotopic (exact) mass is 288 g/mol. The Morgan fingerprint density at radius 1 is 1.19 bits per heavy atom. The summed E-state index contributed by atoms with van der Waals surface area (Å²) in [6.45, 7) is 4.13. The van der Waals surface area contributed by atoms with Gasteiger partial charge in [-0.2, -0.15) is 0 Å². The fourth-order valence-corrected chi connectivity index (χ4v) is 2.27. The SMILES string of the molecule is CCCCCn1nnc(CN)c1CCOc1ccccc1. The number of benzene rings is 1. The lowest BCUT2D eigenvalue weighted by Gasteiger charge is -2.09. The third-order valence-corrected chi connectivity index (χ3v) is 3.44. The summed E-state index contributed by atoms with van der Waals surface area (Å²) in [5.74, 6) is 0.886. The number of ether oxygens (including phenoxy) is 1. The molecule has 2 aromatic rings. The van der Waals surface area contributed by atoms with E-state index in [1.165, 1.54) is 12.8 Å². The van der Waals surface area contributed by atoms with Crippen LogP contribution >= 0.6 is 0 Å². The molecule has 0 saturated heterocycles. The van der Waals surface area contributed by atoms with Crippen LogP contribution in [0.15, 0.2) is 30.3 Å². The Balaban J connectivity index is 1.92. The molecule has 0 spiro atoms. The van der Waals surface area contributed by atoms with E-state index >= 15 is 0 Å². The molecule has 0 aliphatic rings. The Morgan fingerprint density at radius 3 is 2.71 bits per heavy atom. The van der Waals surface area contributed by atoms with Crippen molar-refractivity contribution in [1.29, 1.82) is 0 Å². The van der Waals surface area contributed by atoms with E-state index in [1.807, 2.05) is 35.0 Å². The van der Waals surface area contributed by atoms with Gasteiger partial charge in [0.15, 0.2) is 0 Å². The van der Waals surface area contributed by atoms with Gasteiger partial charge in [-0.1, -0.05) is 43.2 Å². The number of aryl methyl sites for hydroxylation is 1. The van der Waals surface area contributed by atoms with Gasteiger partial charge in [-0.25, -0.2) is 4.68 Å². The molecule has 0 radical (unpaired) electrons. The number of rotatable bonds is 9. The lowest BCUT2D eigenvalue weighted by Crippen LogP contribution is -2.12. The van der Waals surface area contributed by atoms with Crippen LogP contribution in [0.2, 0.25) is 0 Å². The van der Waals surface area contributed by atoms with E-state index < -0.39 is 0 Å². The van der Waals surface area contributed by atoms with Gasteiger partial charge >= 0.3 is 0 Å². The molecule has 0 unspecified atom stereocenters. The van der Waals surface area contributed by atoms with Crippen LogP contribution in [0.4, 0.5) is 0 Å². The maximum absolute atomic E-state index is 5.75. The van der Waals surface area contributed by atoms with E-state index in [0.717, 1.165) is 36.5 Å². The molecule has 1 heterocycles. The topological polar surface area (TPSA) is 66.0 Å². The standard InChI is InChI=1S/C16H24N4O/c1-2-3-7-11-20-16(15(13-17)18-19-20)10-12-21-14-8-5-4-6-9-14/h4-6,8-9H,2-3,7,10-13,17H2,1H3. The van der Waals surface area contributed by atoms with Crippen LogP contribution in [0.5, 0.6) is 5.75 Å². The zero-order chi connectivity index (χ0) is 14.9. The minimum Gasteiger partial charge on any atom is -0.493 e. The smallest absolute Gasteiger partial charge is 0.119 e. The molecule has 0 atom stereocenters. The summed E-state index contributed by atoms with van der Waals surface area (Å²) >= 11 is 0. The molecule has 5 heteroatoms. The first kappa shape index (κ1) is 15.5. The van der Waals surface area contributed by atoms with Crippen molar-refractivity contribution in [3.8, 4) is 5.75 Å². The van der Waals surface area contributed by atoms with Crippen LogP contribution < -0.4 is 10.5 Å². The largest absolute Gasteiger partial charge is 0.493 e. The highest BCUT2D eigenvalue weighted by molar-refractivity contribution is 5.21. The Bertz CT molecular complexity index is 524. The van der Waals surface area contributed by atoms with Crippen molar-refractivity contribution in [2.75, 3.05) is 6.61 Å². The summed E-state index contributed by atoms with van der Waals surface area (Å²) in [7, 11) is 0. The fraction of sp³-hybridized carbons (Fsp3) is 0.500. The highest BCUT2D eigenvalue weighted by atomic mass is 16.5. The molecule has 0 saturated carbocycles. The van der Waals surface area contributed by atoms with Crippen molar-refractivity contribution in [2.24, 2.45) is 5.73 Å². The summed E-state index contributed by atoms with van der Waals surface area (Å²) < 4.78 is 7.73. The Hall–Kier alpha value is -1.88. The number of hydrogen-bond acceptors (Lipinski definition) is 4. The van der Waals surface area contributed by atoms with Gasteiger partial charge in [0.25, 0.3) is 0 Å². The maximum atomic E-state index is 5.75. The number of aromatic nitrogens is 3. The molecule has 21 heavy (non-hydrogen) atoms. The number of hydrogen-bond donors (Lipinski definition) is 1. The van der Waals surface area contributed by atoms with E-state index in [4.69, 9.17) is 10.5 Å². The van der Waals surface area contributed by atoms with Crippen molar-refractivity contribution in [3.63, 3.8) is 0 Å². The van der Waals surface area contributed by atoms with Gasteiger partial charge in [-0.05, 0) is 18.6 Å². The van der Waals surface area contributed by atoms with Crippen LogP contribution in [-0.4, -0.2) is 21.6 Å². The predicted octanol–water partition coefficient (Wildman–Crippen LogP) is 2.55. The van der Waals surface area contributed by atoms with E-state index in [9.17, 15) is 0 Å². The third kappa shape index (κ3) is 4.56. The third-order valence-electron chi connectivity index (χ3n) is 3.44. The average molecular weight is 288 g/mol. The number of nitrogens with two attached hydrogens (primary N) is 1. The van der Waals surface area contributed by atoms with Crippen molar-refractivity contribution >= 4 is 0 Å². The van der Waals surface area contributed by atoms with Crippen LogP contribution in [0.3, 0.4) is 0 Å². The summed E-state index contributed by atoms with van der Waals surface area (Å²) in [5.41, 5.74) is 7.72. The summed E-state index contributed by atoms with van der Waals surface area (Å²) in [4.78, 5) is 0. The van der Waals surface area contributed by atoms with Crippen molar-refractivity contribution in [2.45, 2.75) is 45.7 Å². The highest BCUT2D eigenvalue weighted by Gasteiger charge is 2.11. The fourth-order valence-electron chi connectivity index (χ4n) is 2.27. The van der Waals surface area contributed by atoms with Gasteiger partial charge in [0.2, 0.25) is 0 Å². The second kappa shape index (κ2) is 8.42. The molecule has 1 aromatic heterocycles. The van der Waals surface area contributed by atoms with Crippen molar-refractivity contribution < 1.29 is 4.74 Å². The molecule has 114 valence electrons. The predicted molar refractivity (Wildman–Crippen MR) is 83.1 cm³/mol. The van der Waals surface area contributed by atoms with Crippen molar-refractivity contribution in [1.82, 2.24) is 15.0 Å². The van der Waals surface area contributed by atoms with Crippen LogP contribution in [0.1, 0.15) is 37.6 Å². The first-order valence-corrected chi connectivity index (χ1v) is 7.64. The Morgan fingerprint density at radius 2 is 2.00 bits per heavy atom. The molecule has 0 amide bonds. The Labute approximate surface area is 126 Å². The van der Waals surface area contributed by atoms with Crippen molar-refractivity contribution in [3.05, 3.63) is 41.7 Å². The summed E-state index contributed by atoms with van der Waals surface area (Å²) in [6.07, 6.45) is 4.31. The van der Waals surface area contributed by atoms with E-state index in [2.05, 4.69) is 17.2 Å². The molecule has 1 aromatic carbocycles. The van der Waals surface area contributed by atoms with Crippen LogP contribution in [0, 0.1) is 0 Å². The first-order valence-electron chi connectivity index (χ1n) is 7.64. The van der Waals surface area contributed by atoms with Gasteiger partial charge < -0.3 is 10.5 Å². The molecular formula is C16H24N4O. The molecule has 0 bridgehead atoms. The van der Waals surface area contributed by atoms with E-state index in [1.54, 1.807) is 0 Å². The molecule has 2 N–H and O–H groups in total. The Kier molecular flexibility index (Phi) is 6.22. The molecule has 5 nitrogen and oxygen atoms in total. The van der Waals surface area contributed by atoms with Gasteiger partial charge in [-0.3, -0.25) is 0 Å². The zero-order valence-corrected chi connectivity index (χ0v) is 12.7. The molecule has 0 aliphatic heterocycles. The maximum Gasteiger partial charge on any atom is 0.119 e. The van der Waals surface area contributed by atoms with Crippen LogP contribution in [0.25, 0.3) is 0 Å². The minimum absolute atomic E-state index is 0.425. The van der Waals surface area contributed by atoms with E-state index in [-0.39, 0.29) is 0 Å². The second-order valence-corrected chi connectivity index (χ2v) is 5.03. The zero-order valence-electron chi connectivity index (χ0n) is 12.7. The minimum atomic E-state index is 0.425. The lowest BCUT2D eigenvalue weighted by atomic mass is 10.2. The van der Waals surface area contributed by atoms with Gasteiger partial charge in [0.05, 0.1) is 18.0 Å². The molecular weight excluding hydrogens is 264 g/mol. The van der Waals surface area contributed by atoms with Gasteiger partial charge in [0.1, 0.15) is 5.75 Å². The highest BCUT2D eigenvalue weighted by Crippen LogP contribution is 2.12. The average Bonchev–Trinajstić information content (AvgIpc) is 2.91. The normalized spacial score (nSPS) is 10.8.